The minimum Gasteiger partial charge on any atom is -0.493 e. The zero-order valence-electron chi connectivity index (χ0n) is 10.8. The summed E-state index contributed by atoms with van der Waals surface area (Å²) in [5, 5.41) is 21.3. The molecule has 0 aliphatic rings. The van der Waals surface area contributed by atoms with E-state index in [1.165, 1.54) is 0 Å². The second kappa shape index (κ2) is 7.92. The van der Waals surface area contributed by atoms with Gasteiger partial charge in [-0.3, -0.25) is 0 Å². The number of ether oxygens (including phenoxy) is 2. The van der Waals surface area contributed by atoms with E-state index in [9.17, 15) is 5.11 Å². The maximum atomic E-state index is 9.32. The zero-order chi connectivity index (χ0) is 13.4. The van der Waals surface area contributed by atoms with Crippen LogP contribution in [0.3, 0.4) is 0 Å². The first-order chi connectivity index (χ1) is 8.72. The van der Waals surface area contributed by atoms with Gasteiger partial charge in [-0.15, -0.1) is 0 Å². The highest BCUT2D eigenvalue weighted by atomic mass is 16.5. The van der Waals surface area contributed by atoms with Crippen LogP contribution in [0.4, 0.5) is 0 Å². The standard InChI is InChI=1S/C13H21NO4/c1-3-14-7-10-5-4-6-12(17-2)13(10)18-9-11(16)8-15/h4-6,11,14-16H,3,7-9H2,1-2H3. The van der Waals surface area contributed by atoms with E-state index in [0.29, 0.717) is 18.0 Å². The topological polar surface area (TPSA) is 71.0 Å². The molecule has 0 aliphatic heterocycles. The lowest BCUT2D eigenvalue weighted by molar-refractivity contribution is 0.0523. The fourth-order valence-corrected chi connectivity index (χ4v) is 1.52. The van der Waals surface area contributed by atoms with Gasteiger partial charge < -0.3 is 25.0 Å². The normalized spacial score (nSPS) is 12.2. The summed E-state index contributed by atoms with van der Waals surface area (Å²) >= 11 is 0. The Kier molecular flexibility index (Phi) is 6.49. The van der Waals surface area contributed by atoms with E-state index in [1.807, 2.05) is 19.1 Å². The van der Waals surface area contributed by atoms with Crippen molar-refractivity contribution in [2.24, 2.45) is 0 Å². The number of hydrogen-bond donors (Lipinski definition) is 3. The molecule has 1 unspecified atom stereocenters. The van der Waals surface area contributed by atoms with Gasteiger partial charge in [-0.25, -0.2) is 0 Å². The molecule has 0 aromatic heterocycles. The SMILES string of the molecule is CCNCc1cccc(OC)c1OCC(O)CO. The minimum absolute atomic E-state index is 0.0377. The summed E-state index contributed by atoms with van der Waals surface area (Å²) in [5.74, 6) is 1.23. The molecule has 1 aromatic carbocycles. The van der Waals surface area contributed by atoms with Gasteiger partial charge in [0.25, 0.3) is 0 Å². The number of rotatable bonds is 8. The Hall–Kier alpha value is -1.30. The molecule has 0 bridgehead atoms. The molecule has 0 radical (unpaired) electrons. The molecular formula is C13H21NO4. The van der Waals surface area contributed by atoms with E-state index in [0.717, 1.165) is 12.1 Å². The Labute approximate surface area is 107 Å². The third kappa shape index (κ3) is 4.18. The molecular weight excluding hydrogens is 234 g/mol. The molecule has 0 saturated carbocycles. The van der Waals surface area contributed by atoms with Crippen molar-refractivity contribution in [1.29, 1.82) is 0 Å². The second-order valence-corrected chi connectivity index (χ2v) is 3.88. The summed E-state index contributed by atoms with van der Waals surface area (Å²) in [5.41, 5.74) is 0.960. The van der Waals surface area contributed by atoms with Crippen molar-refractivity contribution in [2.75, 3.05) is 26.9 Å². The summed E-state index contributed by atoms with van der Waals surface area (Å²) in [6, 6.07) is 5.63. The molecule has 0 aliphatic carbocycles. The predicted molar refractivity (Wildman–Crippen MR) is 69.0 cm³/mol. The number of nitrogens with one attached hydrogen (secondary N) is 1. The van der Waals surface area contributed by atoms with Gasteiger partial charge in [0.2, 0.25) is 0 Å². The highest BCUT2D eigenvalue weighted by Gasteiger charge is 2.12. The summed E-state index contributed by atoms with van der Waals surface area (Å²) in [7, 11) is 1.57. The highest BCUT2D eigenvalue weighted by Crippen LogP contribution is 2.31. The third-order valence-corrected chi connectivity index (χ3v) is 2.48. The van der Waals surface area contributed by atoms with Crippen molar-refractivity contribution in [1.82, 2.24) is 5.32 Å². The van der Waals surface area contributed by atoms with Gasteiger partial charge in [-0.1, -0.05) is 19.1 Å². The van der Waals surface area contributed by atoms with Crippen LogP contribution in [0.25, 0.3) is 0 Å². The van der Waals surface area contributed by atoms with E-state index in [4.69, 9.17) is 14.6 Å². The summed E-state index contributed by atoms with van der Waals surface area (Å²) in [4.78, 5) is 0. The first-order valence-electron chi connectivity index (χ1n) is 6.01. The number of hydrogen-bond acceptors (Lipinski definition) is 5. The quantitative estimate of drug-likeness (QED) is 0.632. The van der Waals surface area contributed by atoms with Crippen LogP contribution in [-0.2, 0) is 6.54 Å². The zero-order valence-corrected chi connectivity index (χ0v) is 10.8. The Bertz CT molecular complexity index is 357. The molecule has 1 atom stereocenters. The molecule has 1 aromatic rings. The van der Waals surface area contributed by atoms with Crippen molar-refractivity contribution < 1.29 is 19.7 Å². The first kappa shape index (κ1) is 14.8. The average Bonchev–Trinajstić information content (AvgIpc) is 2.42. The van der Waals surface area contributed by atoms with Gasteiger partial charge in [0.15, 0.2) is 11.5 Å². The molecule has 0 saturated heterocycles. The molecule has 0 heterocycles. The number of para-hydroxylation sites is 1. The molecule has 5 nitrogen and oxygen atoms in total. The van der Waals surface area contributed by atoms with E-state index in [1.54, 1.807) is 13.2 Å². The second-order valence-electron chi connectivity index (χ2n) is 3.88. The molecule has 0 spiro atoms. The maximum Gasteiger partial charge on any atom is 0.165 e. The fraction of sp³-hybridized carbons (Fsp3) is 0.538. The van der Waals surface area contributed by atoms with Crippen molar-refractivity contribution >= 4 is 0 Å². The van der Waals surface area contributed by atoms with Gasteiger partial charge in [-0.2, -0.15) is 0 Å². The van der Waals surface area contributed by atoms with Crippen LogP contribution in [0, 0.1) is 0 Å². The Morgan fingerprint density at radius 3 is 2.78 bits per heavy atom. The number of aliphatic hydroxyl groups excluding tert-OH is 2. The number of methoxy groups -OCH3 is 1. The van der Waals surface area contributed by atoms with Crippen LogP contribution in [0.2, 0.25) is 0 Å². The largest absolute Gasteiger partial charge is 0.493 e. The molecule has 3 N–H and O–H groups in total. The summed E-state index contributed by atoms with van der Waals surface area (Å²) < 4.78 is 10.8. The first-order valence-corrected chi connectivity index (χ1v) is 6.01. The van der Waals surface area contributed by atoms with E-state index < -0.39 is 6.10 Å². The van der Waals surface area contributed by atoms with E-state index in [2.05, 4.69) is 5.32 Å². The van der Waals surface area contributed by atoms with Gasteiger partial charge in [0, 0.05) is 12.1 Å². The predicted octanol–water partition coefficient (Wildman–Crippen LogP) is 0.537. The highest BCUT2D eigenvalue weighted by molar-refractivity contribution is 5.46. The molecule has 18 heavy (non-hydrogen) atoms. The van der Waals surface area contributed by atoms with E-state index in [-0.39, 0.29) is 13.2 Å². The van der Waals surface area contributed by atoms with Crippen LogP contribution < -0.4 is 14.8 Å². The van der Waals surface area contributed by atoms with Crippen LogP contribution in [-0.4, -0.2) is 43.2 Å². The van der Waals surface area contributed by atoms with Gasteiger partial charge in [0.1, 0.15) is 12.7 Å². The summed E-state index contributed by atoms with van der Waals surface area (Å²) in [6.07, 6.45) is -0.887. The lowest BCUT2D eigenvalue weighted by Gasteiger charge is -2.16. The molecule has 5 heteroatoms. The van der Waals surface area contributed by atoms with Gasteiger partial charge in [0.05, 0.1) is 13.7 Å². The lowest BCUT2D eigenvalue weighted by atomic mass is 10.2. The van der Waals surface area contributed by atoms with E-state index >= 15 is 0 Å². The average molecular weight is 255 g/mol. The monoisotopic (exact) mass is 255 g/mol. The van der Waals surface area contributed by atoms with Crippen molar-refractivity contribution in [3.05, 3.63) is 23.8 Å². The van der Waals surface area contributed by atoms with Gasteiger partial charge >= 0.3 is 0 Å². The lowest BCUT2D eigenvalue weighted by Crippen LogP contribution is -2.22. The van der Waals surface area contributed by atoms with Crippen molar-refractivity contribution in [3.63, 3.8) is 0 Å². The minimum atomic E-state index is -0.887. The van der Waals surface area contributed by atoms with Crippen molar-refractivity contribution in [2.45, 2.75) is 19.6 Å². The number of aliphatic hydroxyl groups is 2. The van der Waals surface area contributed by atoms with Crippen LogP contribution in [0.15, 0.2) is 18.2 Å². The fourth-order valence-electron chi connectivity index (χ4n) is 1.52. The Balaban J connectivity index is 2.82. The Morgan fingerprint density at radius 1 is 1.39 bits per heavy atom. The van der Waals surface area contributed by atoms with Crippen LogP contribution in [0.1, 0.15) is 12.5 Å². The smallest absolute Gasteiger partial charge is 0.165 e. The van der Waals surface area contributed by atoms with Crippen LogP contribution in [0.5, 0.6) is 11.5 Å². The molecule has 1 rings (SSSR count). The maximum absolute atomic E-state index is 9.32. The van der Waals surface area contributed by atoms with Crippen LogP contribution >= 0.6 is 0 Å². The summed E-state index contributed by atoms with van der Waals surface area (Å²) in [6.45, 7) is 3.26. The van der Waals surface area contributed by atoms with Crippen molar-refractivity contribution in [3.8, 4) is 11.5 Å². The molecule has 102 valence electrons. The Morgan fingerprint density at radius 2 is 2.17 bits per heavy atom. The van der Waals surface area contributed by atoms with Gasteiger partial charge in [-0.05, 0) is 12.6 Å². The molecule has 0 fully saturated rings. The molecule has 0 amide bonds. The number of benzene rings is 1. The third-order valence-electron chi connectivity index (χ3n) is 2.48.